The van der Waals surface area contributed by atoms with E-state index in [-0.39, 0.29) is 0 Å². The second-order valence-electron chi connectivity index (χ2n) is 2.13. The summed E-state index contributed by atoms with van der Waals surface area (Å²) in [7, 11) is 5.88. The molecule has 0 amide bonds. The fourth-order valence-electron chi connectivity index (χ4n) is 0.872. The molecule has 0 aliphatic carbocycles. The van der Waals surface area contributed by atoms with Gasteiger partial charge >= 0.3 is 19.3 Å². The molecule has 0 bridgehead atoms. The fraction of sp³-hybridized carbons (Fsp3) is 0.143. The maximum atomic E-state index is 5.88. The molecule has 0 unspecified atom stereocenters. The highest BCUT2D eigenvalue weighted by molar-refractivity contribution is 9.11. The molecule has 0 aromatic carbocycles. The van der Waals surface area contributed by atoms with E-state index in [4.69, 9.17) is 9.07 Å². The molecule has 0 fully saturated rings. The van der Waals surface area contributed by atoms with Crippen molar-refractivity contribution in [1.82, 2.24) is 0 Å². The van der Waals surface area contributed by atoms with Crippen molar-refractivity contribution in [2.24, 2.45) is 0 Å². The lowest BCUT2D eigenvalue weighted by atomic mass is 10.2. The zero-order valence-electron chi connectivity index (χ0n) is 5.94. The normalized spacial score (nSPS) is 9.27. The molecular weight excluding hydrogens is 256 g/mol. The first kappa shape index (κ1) is 10.1. The molecule has 1 aromatic rings. The van der Waals surface area contributed by atoms with Crippen molar-refractivity contribution >= 4 is 58.6 Å². The molecule has 1 heterocycles. The maximum absolute atomic E-state index is 5.88. The Labute approximate surface area is 92.3 Å². The molecule has 4 heteroatoms. The van der Waals surface area contributed by atoms with E-state index in [0.717, 1.165) is 6.42 Å². The van der Waals surface area contributed by atoms with E-state index in [0.29, 0.717) is 0 Å². The van der Waals surface area contributed by atoms with Crippen LogP contribution in [-0.2, 0) is 6.42 Å². The number of halogens is 2. The molecule has 0 nitrogen and oxygen atoms in total. The van der Waals surface area contributed by atoms with E-state index in [1.165, 1.54) is 12.4 Å². The van der Waals surface area contributed by atoms with Crippen LogP contribution in [0.15, 0.2) is 22.5 Å². The van der Waals surface area contributed by atoms with Crippen LogP contribution in [0.1, 0.15) is 5.56 Å². The van der Waals surface area contributed by atoms with E-state index in [9.17, 15) is 0 Å². The summed E-state index contributed by atoms with van der Waals surface area (Å²) >= 11 is 4.67. The van der Waals surface area contributed by atoms with Gasteiger partial charge in [-0.15, -0.1) is 6.58 Å². The highest BCUT2D eigenvalue weighted by Crippen LogP contribution is 2.19. The quantitative estimate of drug-likeness (QED) is 0.580. The topological polar surface area (TPSA) is 0 Å². The third kappa shape index (κ3) is 2.74. The van der Waals surface area contributed by atoms with E-state index >= 15 is 0 Å². The first-order valence-corrected chi connectivity index (χ1v) is 7.67. The highest BCUT2D eigenvalue weighted by Gasteiger charge is 2.06. The minimum atomic E-state index is -0.524. The van der Waals surface area contributed by atoms with Gasteiger partial charge in [0.25, 0.3) is 0 Å². The monoisotopic (exact) mass is 260 g/mol. The third-order valence-electron chi connectivity index (χ3n) is 1.35. The Bertz CT molecular complexity index is 259. The number of hydrogen-bond donors (Lipinski definition) is 0. The highest BCUT2D eigenvalue weighted by atomic mass is 79.9. The van der Waals surface area contributed by atoms with Crippen LogP contribution in [0.4, 0.5) is 0 Å². The molecular formula is C7H6BrClMgS. The van der Waals surface area contributed by atoms with Crippen molar-refractivity contribution in [2.75, 3.05) is 0 Å². The summed E-state index contributed by atoms with van der Waals surface area (Å²) < 4.78 is 2.55. The lowest BCUT2D eigenvalue weighted by Gasteiger charge is -1.92. The fourth-order valence-corrected chi connectivity index (χ4v) is 5.19. The summed E-state index contributed by atoms with van der Waals surface area (Å²) in [6, 6.07) is 2.14. The van der Waals surface area contributed by atoms with Crippen LogP contribution in [0, 0.1) is 0 Å². The number of rotatable bonds is 3. The van der Waals surface area contributed by atoms with Crippen LogP contribution in [0.5, 0.6) is 0 Å². The van der Waals surface area contributed by atoms with Crippen molar-refractivity contribution in [3.63, 3.8) is 0 Å². The molecule has 0 spiro atoms. The molecule has 1 rings (SSSR count). The lowest BCUT2D eigenvalue weighted by Crippen LogP contribution is -2.07. The van der Waals surface area contributed by atoms with Gasteiger partial charge < -0.3 is 9.07 Å². The second kappa shape index (κ2) is 4.87. The zero-order valence-corrected chi connectivity index (χ0v) is 10.5. The Balaban J connectivity index is 2.91. The van der Waals surface area contributed by atoms with Gasteiger partial charge in [0.1, 0.15) is 0 Å². The Kier molecular flexibility index (Phi) is 4.45. The largest absolute Gasteiger partial charge is 0.551 e. The molecule has 0 aliphatic heterocycles. The Morgan fingerprint density at radius 1 is 1.82 bits per heavy atom. The van der Waals surface area contributed by atoms with Crippen molar-refractivity contribution < 1.29 is 0 Å². The number of hydrogen-bond acceptors (Lipinski definition) is 1. The minimum Gasteiger partial charge on any atom is -0.334 e. The Hall–Kier alpha value is 0.976. The van der Waals surface area contributed by atoms with Crippen LogP contribution in [-0.4, -0.2) is 19.3 Å². The van der Waals surface area contributed by atoms with E-state index in [1.807, 2.05) is 6.08 Å². The van der Waals surface area contributed by atoms with E-state index < -0.39 is 19.3 Å². The average Bonchev–Trinajstić information content (AvgIpc) is 2.32. The van der Waals surface area contributed by atoms with Gasteiger partial charge in [-0.2, -0.15) is 11.3 Å². The van der Waals surface area contributed by atoms with Gasteiger partial charge in [-0.05, 0) is 28.4 Å². The van der Waals surface area contributed by atoms with Gasteiger partial charge in [-0.25, -0.2) is 0 Å². The average molecular weight is 262 g/mol. The van der Waals surface area contributed by atoms with Gasteiger partial charge in [0, 0.05) is 0 Å². The number of thiophene rings is 1. The zero-order chi connectivity index (χ0) is 8.27. The number of allylic oxidation sites excluding steroid dienone is 1. The summed E-state index contributed by atoms with van der Waals surface area (Å²) in [6.45, 7) is 3.70. The second-order valence-corrected chi connectivity index (χ2v) is 6.93. The van der Waals surface area contributed by atoms with Crippen molar-refractivity contribution in [3.8, 4) is 0 Å². The van der Waals surface area contributed by atoms with Gasteiger partial charge in [-0.1, -0.05) is 14.6 Å². The van der Waals surface area contributed by atoms with Gasteiger partial charge in [0.2, 0.25) is 0 Å². The molecule has 1 aromatic heterocycles. The molecule has 0 saturated carbocycles. The van der Waals surface area contributed by atoms with E-state index in [1.54, 1.807) is 11.3 Å². The summed E-state index contributed by atoms with van der Waals surface area (Å²) in [5.41, 5.74) is 1.35. The van der Waals surface area contributed by atoms with Crippen LogP contribution >= 0.6 is 36.3 Å². The molecule has 0 radical (unpaired) electrons. The van der Waals surface area contributed by atoms with Crippen LogP contribution in [0.3, 0.4) is 0 Å². The molecule has 0 saturated heterocycles. The first-order valence-electron chi connectivity index (χ1n) is 3.22. The smallest absolute Gasteiger partial charge is 0.334 e. The van der Waals surface area contributed by atoms with Crippen molar-refractivity contribution in [1.29, 1.82) is 0 Å². The SMILES string of the molecule is C=CCc1cc(Br)s[c]1[Mg][Cl]. The lowest BCUT2D eigenvalue weighted by molar-refractivity contribution is 1.32. The predicted octanol–water partition coefficient (Wildman–Crippen LogP) is 2.72. The van der Waals surface area contributed by atoms with Gasteiger partial charge in [0.15, 0.2) is 0 Å². The predicted molar refractivity (Wildman–Crippen MR) is 57.2 cm³/mol. The van der Waals surface area contributed by atoms with E-state index in [2.05, 4.69) is 28.6 Å². The summed E-state index contributed by atoms with van der Waals surface area (Å²) in [5.74, 6) is 0. The Morgan fingerprint density at radius 2 is 2.55 bits per heavy atom. The van der Waals surface area contributed by atoms with Gasteiger partial charge in [-0.3, -0.25) is 0 Å². The van der Waals surface area contributed by atoms with Crippen LogP contribution < -0.4 is 3.01 Å². The van der Waals surface area contributed by atoms with Crippen LogP contribution in [0.2, 0.25) is 0 Å². The first-order chi connectivity index (χ1) is 5.27. The molecule has 0 aliphatic rings. The van der Waals surface area contributed by atoms with Gasteiger partial charge in [0.05, 0.1) is 3.79 Å². The maximum Gasteiger partial charge on any atom is 0.551 e. The van der Waals surface area contributed by atoms with Crippen LogP contribution in [0.25, 0.3) is 0 Å². The van der Waals surface area contributed by atoms with Crippen molar-refractivity contribution in [2.45, 2.75) is 6.42 Å². The molecule has 11 heavy (non-hydrogen) atoms. The molecule has 0 N–H and O–H groups in total. The summed E-state index contributed by atoms with van der Waals surface area (Å²) in [6.07, 6.45) is 2.86. The minimum absolute atomic E-state index is 0.524. The summed E-state index contributed by atoms with van der Waals surface area (Å²) in [4.78, 5) is 0. The Morgan fingerprint density at radius 3 is 3.09 bits per heavy atom. The molecule has 0 atom stereocenters. The third-order valence-corrected chi connectivity index (χ3v) is 5.73. The summed E-state index contributed by atoms with van der Waals surface area (Å²) in [5, 5.41) is 0. The molecule has 56 valence electrons. The van der Waals surface area contributed by atoms with Crippen molar-refractivity contribution in [3.05, 3.63) is 28.1 Å². The standard InChI is InChI=1S/C7H6BrS.ClH.Mg/c1-2-3-6-4-7(8)9-5-6;;/h2,4H,1,3H2;1H;/q;;+1/p-1.